The van der Waals surface area contributed by atoms with E-state index in [1.165, 1.54) is 11.6 Å². The van der Waals surface area contributed by atoms with Gasteiger partial charge < -0.3 is 5.32 Å². The molecule has 8 heteroatoms. The van der Waals surface area contributed by atoms with Gasteiger partial charge in [0, 0.05) is 7.05 Å². The maximum Gasteiger partial charge on any atom is 0.408 e. The van der Waals surface area contributed by atoms with Crippen LogP contribution in [-0.2, 0) is 18.3 Å². The van der Waals surface area contributed by atoms with Crippen molar-refractivity contribution in [3.63, 3.8) is 0 Å². The highest BCUT2D eigenvalue weighted by molar-refractivity contribution is 5.84. The molecule has 3 atom stereocenters. The summed E-state index contributed by atoms with van der Waals surface area (Å²) in [7, 11) is 1.66. The van der Waals surface area contributed by atoms with Crippen LogP contribution in [0.4, 0.5) is 13.2 Å². The molecular formula is C14H21F3N4O. The Hall–Kier alpha value is -1.60. The van der Waals surface area contributed by atoms with Crippen molar-refractivity contribution >= 4 is 5.91 Å². The first-order valence-corrected chi connectivity index (χ1v) is 7.51. The van der Waals surface area contributed by atoms with Gasteiger partial charge >= 0.3 is 6.18 Å². The van der Waals surface area contributed by atoms with Gasteiger partial charge in [0.1, 0.15) is 6.04 Å². The van der Waals surface area contributed by atoms with Crippen LogP contribution in [0.1, 0.15) is 50.4 Å². The van der Waals surface area contributed by atoms with Crippen molar-refractivity contribution < 1.29 is 18.0 Å². The highest BCUT2D eigenvalue weighted by Gasteiger charge is 2.45. The lowest BCUT2D eigenvalue weighted by molar-refractivity contribution is -0.171. The van der Waals surface area contributed by atoms with Crippen molar-refractivity contribution in [2.45, 2.75) is 57.7 Å². The minimum Gasteiger partial charge on any atom is -0.344 e. The third-order valence-corrected chi connectivity index (χ3v) is 4.36. The molecule has 1 aromatic heterocycles. The van der Waals surface area contributed by atoms with E-state index in [0.717, 1.165) is 6.42 Å². The predicted octanol–water partition coefficient (Wildman–Crippen LogP) is 2.33. The number of halogens is 3. The molecule has 0 radical (unpaired) electrons. The molecule has 5 nitrogen and oxygen atoms in total. The summed E-state index contributed by atoms with van der Waals surface area (Å²) in [6, 6.07) is -1.82. The quantitative estimate of drug-likeness (QED) is 0.927. The van der Waals surface area contributed by atoms with E-state index in [9.17, 15) is 18.0 Å². The van der Waals surface area contributed by atoms with E-state index in [2.05, 4.69) is 15.6 Å². The van der Waals surface area contributed by atoms with Crippen LogP contribution in [0, 0.1) is 5.92 Å². The Bertz CT molecular complexity index is 541. The van der Waals surface area contributed by atoms with Crippen LogP contribution in [0.15, 0.2) is 0 Å². The van der Waals surface area contributed by atoms with Gasteiger partial charge in [0.25, 0.3) is 0 Å². The summed E-state index contributed by atoms with van der Waals surface area (Å²) in [6.45, 7) is 3.18. The SMILES string of the molecule is CCC(C)C(NC(=O)C1CCCc2nnn(C)c21)C(F)(F)F. The van der Waals surface area contributed by atoms with Crippen LogP contribution in [0.5, 0.6) is 0 Å². The van der Waals surface area contributed by atoms with E-state index in [1.807, 2.05) is 0 Å². The normalized spacial score (nSPS) is 21.1. The number of alkyl halides is 3. The average Bonchev–Trinajstić information content (AvgIpc) is 2.84. The molecule has 124 valence electrons. The molecule has 1 aromatic rings. The Balaban J connectivity index is 2.20. The van der Waals surface area contributed by atoms with Gasteiger partial charge in [0.05, 0.1) is 17.3 Å². The number of nitrogens with one attached hydrogen (secondary N) is 1. The van der Waals surface area contributed by atoms with Crippen LogP contribution in [-0.4, -0.2) is 33.1 Å². The number of carbonyl (C=O) groups is 1. The highest BCUT2D eigenvalue weighted by Crippen LogP contribution is 2.32. The fourth-order valence-corrected chi connectivity index (χ4v) is 2.91. The zero-order valence-corrected chi connectivity index (χ0v) is 12.9. The Labute approximate surface area is 127 Å². The van der Waals surface area contributed by atoms with Crippen LogP contribution in [0.3, 0.4) is 0 Å². The Morgan fingerprint density at radius 2 is 2.18 bits per heavy atom. The molecule has 1 aliphatic rings. The first-order chi connectivity index (χ1) is 10.3. The number of nitrogens with zero attached hydrogens (tertiary/aromatic N) is 3. The molecule has 22 heavy (non-hydrogen) atoms. The topological polar surface area (TPSA) is 59.8 Å². The van der Waals surface area contributed by atoms with Gasteiger partial charge in [-0.1, -0.05) is 25.5 Å². The summed E-state index contributed by atoms with van der Waals surface area (Å²) >= 11 is 0. The zero-order valence-electron chi connectivity index (χ0n) is 12.9. The van der Waals surface area contributed by atoms with Crippen LogP contribution in [0.25, 0.3) is 0 Å². The van der Waals surface area contributed by atoms with Crippen LogP contribution in [0.2, 0.25) is 0 Å². The number of hydrogen-bond donors (Lipinski definition) is 1. The monoisotopic (exact) mass is 318 g/mol. The van der Waals surface area contributed by atoms with Gasteiger partial charge in [-0.15, -0.1) is 5.10 Å². The lowest BCUT2D eigenvalue weighted by atomic mass is 9.88. The molecule has 0 bridgehead atoms. The van der Waals surface area contributed by atoms with E-state index in [1.54, 1.807) is 14.0 Å². The van der Waals surface area contributed by atoms with Gasteiger partial charge in [0.2, 0.25) is 5.91 Å². The number of aromatic nitrogens is 3. The molecule has 0 spiro atoms. The van der Waals surface area contributed by atoms with Gasteiger partial charge in [-0.25, -0.2) is 0 Å². The fraction of sp³-hybridized carbons (Fsp3) is 0.786. The van der Waals surface area contributed by atoms with Crippen molar-refractivity contribution in [1.82, 2.24) is 20.3 Å². The van der Waals surface area contributed by atoms with Crippen molar-refractivity contribution in [2.75, 3.05) is 0 Å². The van der Waals surface area contributed by atoms with Gasteiger partial charge in [0.15, 0.2) is 0 Å². The van der Waals surface area contributed by atoms with Crippen molar-refractivity contribution in [1.29, 1.82) is 0 Å². The molecule has 3 unspecified atom stereocenters. The van der Waals surface area contributed by atoms with E-state index < -0.39 is 30.0 Å². The summed E-state index contributed by atoms with van der Waals surface area (Å²) in [6.07, 6.45) is -2.16. The smallest absolute Gasteiger partial charge is 0.344 e. The van der Waals surface area contributed by atoms with Gasteiger partial charge in [-0.3, -0.25) is 9.48 Å². The van der Waals surface area contributed by atoms with Crippen LogP contribution >= 0.6 is 0 Å². The Kier molecular flexibility index (Phi) is 4.77. The largest absolute Gasteiger partial charge is 0.408 e. The molecule has 0 saturated heterocycles. The molecule has 1 N–H and O–H groups in total. The molecule has 0 aliphatic heterocycles. The first-order valence-electron chi connectivity index (χ1n) is 7.51. The minimum absolute atomic E-state index is 0.341. The number of hydrogen-bond acceptors (Lipinski definition) is 3. The zero-order chi connectivity index (χ0) is 16.5. The number of carbonyl (C=O) groups excluding carboxylic acids is 1. The predicted molar refractivity (Wildman–Crippen MR) is 74.1 cm³/mol. The van der Waals surface area contributed by atoms with E-state index in [4.69, 9.17) is 0 Å². The number of fused-ring (bicyclic) bond motifs is 1. The molecule has 1 amide bonds. The molecule has 1 heterocycles. The maximum absolute atomic E-state index is 13.2. The van der Waals surface area contributed by atoms with E-state index in [0.29, 0.717) is 30.7 Å². The number of amides is 1. The van der Waals surface area contributed by atoms with Crippen molar-refractivity contribution in [3.05, 3.63) is 11.4 Å². The Morgan fingerprint density at radius 1 is 1.50 bits per heavy atom. The number of aryl methyl sites for hydroxylation is 2. The molecule has 2 rings (SSSR count). The second-order valence-electron chi connectivity index (χ2n) is 5.90. The van der Waals surface area contributed by atoms with Crippen molar-refractivity contribution in [2.24, 2.45) is 13.0 Å². The molecule has 1 aliphatic carbocycles. The van der Waals surface area contributed by atoms with Crippen molar-refractivity contribution in [3.8, 4) is 0 Å². The minimum atomic E-state index is -4.45. The lowest BCUT2D eigenvalue weighted by Crippen LogP contribution is -2.51. The average molecular weight is 318 g/mol. The summed E-state index contributed by atoms with van der Waals surface area (Å²) < 4.78 is 41.0. The maximum atomic E-state index is 13.2. The molecular weight excluding hydrogens is 297 g/mol. The third kappa shape index (κ3) is 3.25. The summed E-state index contributed by atoms with van der Waals surface area (Å²) in [5.74, 6) is -1.87. The summed E-state index contributed by atoms with van der Waals surface area (Å²) in [4.78, 5) is 12.4. The summed E-state index contributed by atoms with van der Waals surface area (Å²) in [5, 5.41) is 10.1. The van der Waals surface area contributed by atoms with E-state index in [-0.39, 0.29) is 0 Å². The second kappa shape index (κ2) is 6.26. The standard InChI is InChI=1S/C14H21F3N4O/c1-4-8(2)12(14(15,16)17)18-13(22)9-6-5-7-10-11(9)21(3)20-19-10/h8-9,12H,4-7H2,1-3H3,(H,18,22). The second-order valence-corrected chi connectivity index (χ2v) is 5.90. The number of rotatable bonds is 4. The highest BCUT2D eigenvalue weighted by atomic mass is 19.4. The van der Waals surface area contributed by atoms with E-state index >= 15 is 0 Å². The van der Waals surface area contributed by atoms with Gasteiger partial charge in [-0.05, 0) is 25.2 Å². The fourth-order valence-electron chi connectivity index (χ4n) is 2.91. The third-order valence-electron chi connectivity index (χ3n) is 4.36. The van der Waals surface area contributed by atoms with Crippen LogP contribution < -0.4 is 5.32 Å². The summed E-state index contributed by atoms with van der Waals surface area (Å²) in [5.41, 5.74) is 1.34. The Morgan fingerprint density at radius 3 is 2.77 bits per heavy atom. The van der Waals surface area contributed by atoms with Gasteiger partial charge in [-0.2, -0.15) is 13.2 Å². The molecule has 0 saturated carbocycles. The molecule has 0 fully saturated rings. The molecule has 0 aromatic carbocycles. The first kappa shape index (κ1) is 16.8. The lowest BCUT2D eigenvalue weighted by Gasteiger charge is -2.29.